The summed E-state index contributed by atoms with van der Waals surface area (Å²) < 4.78 is 0. The molecular formula is C24H29N3O2S. The van der Waals surface area contributed by atoms with Crippen molar-refractivity contribution in [2.45, 2.75) is 61.3 Å². The molecule has 4 rings (SSSR count). The number of thioether (sulfide) groups is 1. The van der Waals surface area contributed by atoms with E-state index in [9.17, 15) is 9.59 Å². The highest BCUT2D eigenvalue weighted by molar-refractivity contribution is 8.01. The standard InChI is InChI=1S/C24H29N3O2S/c1-27(18-10-3-2-4-11-18)16-17-9-5-6-12-19(17)25-23(28)15-22-24(29)26-20-13-7-8-14-21(20)30-22/h5-9,12-14,18,22H,2-4,10-11,15-16H2,1H3,(H,25,28)(H,26,29). The van der Waals surface area contributed by atoms with E-state index in [1.54, 1.807) is 0 Å². The number of benzene rings is 2. The molecule has 1 unspecified atom stereocenters. The van der Waals surface area contributed by atoms with Gasteiger partial charge in [0, 0.05) is 29.6 Å². The quantitative estimate of drug-likeness (QED) is 0.694. The van der Waals surface area contributed by atoms with Crippen LogP contribution in [-0.2, 0) is 16.1 Å². The fraction of sp³-hybridized carbons (Fsp3) is 0.417. The number of fused-ring (bicyclic) bond motifs is 1. The first-order valence-corrected chi connectivity index (χ1v) is 11.6. The highest BCUT2D eigenvalue weighted by Crippen LogP contribution is 2.36. The number of hydrogen-bond donors (Lipinski definition) is 2. The predicted molar refractivity (Wildman–Crippen MR) is 123 cm³/mol. The van der Waals surface area contributed by atoms with Crippen LogP contribution in [0.15, 0.2) is 53.4 Å². The molecule has 1 fully saturated rings. The maximum atomic E-state index is 12.8. The Kier molecular flexibility index (Phi) is 6.75. The zero-order valence-corrected chi connectivity index (χ0v) is 18.2. The average Bonchev–Trinajstić information content (AvgIpc) is 2.76. The van der Waals surface area contributed by atoms with Crippen molar-refractivity contribution in [2.24, 2.45) is 0 Å². The van der Waals surface area contributed by atoms with Crippen molar-refractivity contribution < 1.29 is 9.59 Å². The summed E-state index contributed by atoms with van der Waals surface area (Å²) in [5.74, 6) is -0.242. The number of carbonyl (C=O) groups is 2. The van der Waals surface area contributed by atoms with Crippen LogP contribution >= 0.6 is 11.8 Å². The van der Waals surface area contributed by atoms with Gasteiger partial charge in [0.1, 0.15) is 0 Å². The third-order valence-corrected chi connectivity index (χ3v) is 7.26. The van der Waals surface area contributed by atoms with Crippen molar-refractivity contribution in [3.63, 3.8) is 0 Å². The number of nitrogens with zero attached hydrogens (tertiary/aromatic N) is 1. The molecule has 1 aliphatic heterocycles. The maximum Gasteiger partial charge on any atom is 0.238 e. The lowest BCUT2D eigenvalue weighted by Crippen LogP contribution is -2.34. The molecule has 2 amide bonds. The van der Waals surface area contributed by atoms with Crippen LogP contribution in [0.2, 0.25) is 0 Å². The Morgan fingerprint density at radius 2 is 1.83 bits per heavy atom. The molecule has 5 nitrogen and oxygen atoms in total. The van der Waals surface area contributed by atoms with Gasteiger partial charge in [-0.3, -0.25) is 14.5 Å². The molecule has 0 saturated heterocycles. The number of amides is 2. The molecule has 6 heteroatoms. The molecule has 1 atom stereocenters. The van der Waals surface area contributed by atoms with Gasteiger partial charge in [-0.2, -0.15) is 0 Å². The Bertz CT molecular complexity index is 911. The van der Waals surface area contributed by atoms with Gasteiger partial charge in [0.15, 0.2) is 0 Å². The third kappa shape index (κ3) is 5.05. The summed E-state index contributed by atoms with van der Waals surface area (Å²) in [6.07, 6.45) is 6.60. The van der Waals surface area contributed by atoms with Crippen LogP contribution in [0.3, 0.4) is 0 Å². The number of rotatable bonds is 6. The first kappa shape index (κ1) is 20.9. The summed E-state index contributed by atoms with van der Waals surface area (Å²) in [6, 6.07) is 16.3. The van der Waals surface area contributed by atoms with E-state index in [0.29, 0.717) is 6.04 Å². The summed E-state index contributed by atoms with van der Waals surface area (Å²) in [5.41, 5.74) is 2.78. The average molecular weight is 424 g/mol. The zero-order valence-electron chi connectivity index (χ0n) is 17.4. The number of carbonyl (C=O) groups excluding carboxylic acids is 2. The van der Waals surface area contributed by atoms with Crippen molar-refractivity contribution in [1.29, 1.82) is 0 Å². The van der Waals surface area contributed by atoms with E-state index in [2.05, 4.69) is 28.6 Å². The fourth-order valence-electron chi connectivity index (χ4n) is 4.30. The largest absolute Gasteiger partial charge is 0.326 e. The van der Waals surface area contributed by atoms with Gasteiger partial charge in [0.25, 0.3) is 0 Å². The van der Waals surface area contributed by atoms with Crippen LogP contribution in [0, 0.1) is 0 Å². The summed E-state index contributed by atoms with van der Waals surface area (Å²) in [7, 11) is 2.18. The van der Waals surface area contributed by atoms with E-state index in [4.69, 9.17) is 0 Å². The zero-order chi connectivity index (χ0) is 20.9. The Morgan fingerprint density at radius 3 is 2.67 bits per heavy atom. The van der Waals surface area contributed by atoms with Gasteiger partial charge in [-0.15, -0.1) is 11.8 Å². The molecule has 1 saturated carbocycles. The molecule has 0 spiro atoms. The molecule has 2 aromatic carbocycles. The molecule has 0 aromatic heterocycles. The van der Waals surface area contributed by atoms with Gasteiger partial charge < -0.3 is 10.6 Å². The van der Waals surface area contributed by atoms with Crippen LogP contribution in [0.4, 0.5) is 11.4 Å². The minimum Gasteiger partial charge on any atom is -0.326 e. The van der Waals surface area contributed by atoms with Gasteiger partial charge in [0.05, 0.1) is 10.9 Å². The van der Waals surface area contributed by atoms with E-state index < -0.39 is 5.25 Å². The van der Waals surface area contributed by atoms with Crippen molar-refractivity contribution in [2.75, 3.05) is 17.7 Å². The summed E-state index contributed by atoms with van der Waals surface area (Å²) in [4.78, 5) is 28.6. The second-order valence-corrected chi connectivity index (χ2v) is 9.45. The first-order chi connectivity index (χ1) is 14.6. The topological polar surface area (TPSA) is 61.4 Å². The van der Waals surface area contributed by atoms with E-state index in [0.717, 1.165) is 28.4 Å². The van der Waals surface area contributed by atoms with E-state index in [1.807, 2.05) is 42.5 Å². The molecule has 30 heavy (non-hydrogen) atoms. The monoisotopic (exact) mass is 423 g/mol. The van der Waals surface area contributed by atoms with E-state index >= 15 is 0 Å². The first-order valence-electron chi connectivity index (χ1n) is 10.7. The molecule has 158 valence electrons. The molecular weight excluding hydrogens is 394 g/mol. The Hall–Kier alpha value is -2.31. The molecule has 2 aliphatic rings. The minimum absolute atomic E-state index is 0.112. The lowest BCUT2D eigenvalue weighted by atomic mass is 9.94. The molecule has 1 heterocycles. The Morgan fingerprint density at radius 1 is 1.10 bits per heavy atom. The van der Waals surface area contributed by atoms with Crippen LogP contribution in [0.1, 0.15) is 44.1 Å². The van der Waals surface area contributed by atoms with Crippen LogP contribution < -0.4 is 10.6 Å². The second kappa shape index (κ2) is 9.67. The van der Waals surface area contributed by atoms with Crippen molar-refractivity contribution in [1.82, 2.24) is 4.90 Å². The summed E-state index contributed by atoms with van der Waals surface area (Å²) in [6.45, 7) is 0.813. The van der Waals surface area contributed by atoms with E-state index in [1.165, 1.54) is 43.9 Å². The van der Waals surface area contributed by atoms with Gasteiger partial charge >= 0.3 is 0 Å². The van der Waals surface area contributed by atoms with Crippen molar-refractivity contribution >= 4 is 35.0 Å². The van der Waals surface area contributed by atoms with Gasteiger partial charge in [-0.1, -0.05) is 49.6 Å². The highest BCUT2D eigenvalue weighted by atomic mass is 32.2. The van der Waals surface area contributed by atoms with Gasteiger partial charge in [-0.25, -0.2) is 0 Å². The van der Waals surface area contributed by atoms with Crippen LogP contribution in [0.25, 0.3) is 0 Å². The molecule has 1 aliphatic carbocycles. The molecule has 2 aromatic rings. The Balaban J connectivity index is 1.38. The lowest BCUT2D eigenvalue weighted by molar-refractivity contribution is -0.120. The number of nitrogens with one attached hydrogen (secondary N) is 2. The molecule has 0 bridgehead atoms. The van der Waals surface area contributed by atoms with Gasteiger partial charge in [0.2, 0.25) is 11.8 Å². The SMILES string of the molecule is CN(Cc1ccccc1NC(=O)CC1Sc2ccccc2NC1=O)C1CCCCC1. The summed E-state index contributed by atoms with van der Waals surface area (Å²) >= 11 is 1.46. The smallest absolute Gasteiger partial charge is 0.238 e. The highest BCUT2D eigenvalue weighted by Gasteiger charge is 2.29. The second-order valence-electron chi connectivity index (χ2n) is 8.21. The van der Waals surface area contributed by atoms with E-state index in [-0.39, 0.29) is 18.2 Å². The lowest BCUT2D eigenvalue weighted by Gasteiger charge is -2.31. The number of hydrogen-bond acceptors (Lipinski definition) is 4. The Labute approximate surface area is 182 Å². The number of anilines is 2. The normalized spacial score (nSPS) is 19.3. The van der Waals surface area contributed by atoms with Crippen molar-refractivity contribution in [3.8, 4) is 0 Å². The number of para-hydroxylation sites is 2. The fourth-order valence-corrected chi connectivity index (χ4v) is 5.41. The van der Waals surface area contributed by atoms with Crippen LogP contribution in [0.5, 0.6) is 0 Å². The molecule has 2 N–H and O–H groups in total. The third-order valence-electron chi connectivity index (χ3n) is 5.99. The molecule has 0 radical (unpaired) electrons. The summed E-state index contributed by atoms with van der Waals surface area (Å²) in [5, 5.41) is 5.54. The van der Waals surface area contributed by atoms with Crippen molar-refractivity contribution in [3.05, 3.63) is 54.1 Å². The van der Waals surface area contributed by atoms with Gasteiger partial charge in [-0.05, 0) is 43.7 Å². The van der Waals surface area contributed by atoms with Crippen LogP contribution in [-0.4, -0.2) is 35.1 Å². The minimum atomic E-state index is -0.419. The maximum absolute atomic E-state index is 12.8. The predicted octanol–water partition coefficient (Wildman–Crippen LogP) is 4.89.